The van der Waals surface area contributed by atoms with Crippen molar-refractivity contribution in [2.24, 2.45) is 7.05 Å². The average molecular weight is 347 g/mol. The van der Waals surface area contributed by atoms with Gasteiger partial charge in [-0.05, 0) is 25.5 Å². The minimum absolute atomic E-state index is 0.243. The second-order valence-electron chi connectivity index (χ2n) is 5.21. The first-order chi connectivity index (χ1) is 11.6. The molecule has 3 rings (SSSR count). The van der Waals surface area contributed by atoms with Crippen LogP contribution in [0, 0.1) is 6.92 Å². The highest BCUT2D eigenvalue weighted by Gasteiger charge is 2.21. The lowest BCUT2D eigenvalue weighted by Gasteiger charge is -2.26. The molecule has 0 saturated carbocycles. The molecule has 0 aromatic carbocycles. The molecule has 130 valence electrons. The summed E-state index contributed by atoms with van der Waals surface area (Å²) in [5.74, 6) is 0.618. The zero-order valence-corrected chi connectivity index (χ0v) is 15.8. The number of aromatic nitrogens is 2. The van der Waals surface area contributed by atoms with Crippen LogP contribution >= 0.6 is 11.8 Å². The van der Waals surface area contributed by atoms with Crippen molar-refractivity contribution in [3.63, 3.8) is 0 Å². The van der Waals surface area contributed by atoms with Crippen LogP contribution in [0.15, 0.2) is 29.6 Å². The Morgan fingerprint density at radius 2 is 2.17 bits per heavy atom. The molecular weight excluding hydrogens is 322 g/mol. The Morgan fingerprint density at radius 1 is 1.42 bits per heavy atom. The number of aryl methyl sites for hydroxylation is 2. The maximum absolute atomic E-state index is 12.0. The molecule has 0 atom stereocenters. The third-order valence-electron chi connectivity index (χ3n) is 3.67. The van der Waals surface area contributed by atoms with Crippen LogP contribution in [-0.4, -0.2) is 34.4 Å². The summed E-state index contributed by atoms with van der Waals surface area (Å²) in [4.78, 5) is 19.2. The first-order valence-electron chi connectivity index (χ1n) is 8.31. The number of hydrogen-bond donors (Lipinski definition) is 0. The Kier molecular flexibility index (Phi) is 6.31. The number of carbonyl (C=O) groups excluding carboxylic acids is 1. The fraction of sp³-hybridized carbons (Fsp3) is 0.444. The fourth-order valence-electron chi connectivity index (χ4n) is 2.74. The number of carbonyl (C=O) groups is 1. The zero-order valence-electron chi connectivity index (χ0n) is 15.0. The van der Waals surface area contributed by atoms with E-state index in [2.05, 4.69) is 23.0 Å². The van der Waals surface area contributed by atoms with Crippen molar-refractivity contribution >= 4 is 34.5 Å². The molecule has 0 spiro atoms. The first-order valence-corrected chi connectivity index (χ1v) is 9.29. The van der Waals surface area contributed by atoms with Crippen molar-refractivity contribution in [2.75, 3.05) is 23.8 Å². The van der Waals surface area contributed by atoms with Crippen molar-refractivity contribution in [1.82, 2.24) is 9.55 Å². The molecule has 1 aliphatic rings. The number of anilines is 1. The zero-order chi connectivity index (χ0) is 17.7. The maximum atomic E-state index is 12.0. The summed E-state index contributed by atoms with van der Waals surface area (Å²) in [5, 5.41) is 1.14. The number of hydrogen-bond acceptors (Lipinski definition) is 5. The summed E-state index contributed by atoms with van der Waals surface area (Å²) in [6.07, 6.45) is 5.79. The van der Waals surface area contributed by atoms with Gasteiger partial charge in [-0.25, -0.2) is 9.78 Å². The van der Waals surface area contributed by atoms with Gasteiger partial charge in [-0.2, -0.15) is 0 Å². The molecule has 0 amide bonds. The van der Waals surface area contributed by atoms with E-state index >= 15 is 0 Å². The fourth-order valence-corrected chi connectivity index (χ4v) is 3.63. The SMILES string of the molecule is CC.CCOC(=O)C1=CN(c2ccnc3c2c(C)cn3C)CCS1. The Balaban J connectivity index is 0.00000100. The van der Waals surface area contributed by atoms with Crippen LogP contribution in [0.2, 0.25) is 0 Å². The van der Waals surface area contributed by atoms with Crippen molar-refractivity contribution in [2.45, 2.75) is 27.7 Å². The van der Waals surface area contributed by atoms with Gasteiger partial charge in [0.15, 0.2) is 0 Å². The van der Waals surface area contributed by atoms with Crippen molar-refractivity contribution in [3.8, 4) is 0 Å². The van der Waals surface area contributed by atoms with Gasteiger partial charge in [0.05, 0.1) is 12.3 Å². The third kappa shape index (κ3) is 3.59. The lowest BCUT2D eigenvalue weighted by Crippen LogP contribution is -2.26. The second-order valence-corrected chi connectivity index (χ2v) is 6.34. The Hall–Kier alpha value is -1.95. The standard InChI is InChI=1S/C16H19N3O2S.C2H6/c1-4-21-16(20)13-10-19(7-8-22-13)12-5-6-17-15-14(12)11(2)9-18(15)3;1-2/h5-6,9-10H,4,7-8H2,1-3H3;1-2H3. The lowest BCUT2D eigenvalue weighted by atomic mass is 10.2. The van der Waals surface area contributed by atoms with E-state index in [1.54, 1.807) is 11.8 Å². The summed E-state index contributed by atoms with van der Waals surface area (Å²) < 4.78 is 7.14. The summed E-state index contributed by atoms with van der Waals surface area (Å²) in [5.41, 5.74) is 3.23. The van der Waals surface area contributed by atoms with Gasteiger partial charge in [-0.3, -0.25) is 0 Å². The van der Waals surface area contributed by atoms with E-state index in [0.717, 1.165) is 29.0 Å². The van der Waals surface area contributed by atoms with E-state index in [0.29, 0.717) is 11.5 Å². The Bertz CT molecular complexity index is 752. The molecule has 3 heterocycles. The van der Waals surface area contributed by atoms with Crippen molar-refractivity contribution in [3.05, 3.63) is 35.1 Å². The first kappa shape index (κ1) is 18.4. The van der Waals surface area contributed by atoms with Gasteiger partial charge >= 0.3 is 5.97 Å². The average Bonchev–Trinajstić information content (AvgIpc) is 2.91. The Morgan fingerprint density at radius 3 is 2.88 bits per heavy atom. The monoisotopic (exact) mass is 347 g/mol. The summed E-state index contributed by atoms with van der Waals surface area (Å²) in [6.45, 7) is 9.17. The number of pyridine rings is 1. The van der Waals surface area contributed by atoms with E-state index < -0.39 is 0 Å². The van der Waals surface area contributed by atoms with E-state index in [4.69, 9.17) is 4.74 Å². The van der Waals surface area contributed by atoms with Crippen LogP contribution in [0.25, 0.3) is 11.0 Å². The quantitative estimate of drug-likeness (QED) is 0.789. The van der Waals surface area contributed by atoms with Gasteiger partial charge in [0, 0.05) is 43.3 Å². The molecule has 0 N–H and O–H groups in total. The molecule has 0 aliphatic carbocycles. The van der Waals surface area contributed by atoms with Crippen LogP contribution in [0.1, 0.15) is 26.3 Å². The topological polar surface area (TPSA) is 47.4 Å². The summed E-state index contributed by atoms with van der Waals surface area (Å²) in [7, 11) is 2.00. The number of nitrogens with zero attached hydrogens (tertiary/aromatic N) is 3. The number of rotatable bonds is 3. The molecule has 2 aromatic heterocycles. The summed E-state index contributed by atoms with van der Waals surface area (Å²) in [6, 6.07) is 2.00. The van der Waals surface area contributed by atoms with Gasteiger partial charge in [-0.1, -0.05) is 13.8 Å². The predicted molar refractivity (Wildman–Crippen MR) is 101 cm³/mol. The largest absolute Gasteiger partial charge is 0.462 e. The molecule has 0 bridgehead atoms. The van der Waals surface area contributed by atoms with Gasteiger partial charge in [0.1, 0.15) is 10.6 Å². The molecule has 6 heteroatoms. The van der Waals surface area contributed by atoms with Crippen molar-refractivity contribution < 1.29 is 9.53 Å². The van der Waals surface area contributed by atoms with Crippen LogP contribution in [-0.2, 0) is 16.6 Å². The summed E-state index contributed by atoms with van der Waals surface area (Å²) >= 11 is 1.55. The smallest absolute Gasteiger partial charge is 0.346 e. The van der Waals surface area contributed by atoms with Crippen LogP contribution < -0.4 is 4.90 Å². The van der Waals surface area contributed by atoms with Gasteiger partial charge < -0.3 is 14.2 Å². The second kappa shape index (κ2) is 8.24. The van der Waals surface area contributed by atoms with Gasteiger partial charge in [0.2, 0.25) is 0 Å². The normalized spacial score (nSPS) is 14.0. The van der Waals surface area contributed by atoms with E-state index in [1.807, 2.05) is 50.8 Å². The van der Waals surface area contributed by atoms with Gasteiger partial charge in [-0.15, -0.1) is 11.8 Å². The molecule has 0 saturated heterocycles. The van der Waals surface area contributed by atoms with Crippen molar-refractivity contribution in [1.29, 1.82) is 0 Å². The number of thioether (sulfide) groups is 1. The predicted octanol–water partition coefficient (Wildman–Crippen LogP) is 3.87. The molecule has 5 nitrogen and oxygen atoms in total. The number of esters is 1. The molecule has 1 aliphatic heterocycles. The molecule has 0 fully saturated rings. The molecular formula is C18H25N3O2S. The molecule has 2 aromatic rings. The van der Waals surface area contributed by atoms with Gasteiger partial charge in [0.25, 0.3) is 0 Å². The van der Waals surface area contributed by atoms with Crippen LogP contribution in [0.3, 0.4) is 0 Å². The number of ether oxygens (including phenoxy) is 1. The Labute approximate surface area is 147 Å². The highest BCUT2D eigenvalue weighted by atomic mass is 32.2. The van der Waals surface area contributed by atoms with E-state index in [1.165, 1.54) is 5.56 Å². The number of fused-ring (bicyclic) bond motifs is 1. The van der Waals surface area contributed by atoms with Crippen LogP contribution in [0.4, 0.5) is 5.69 Å². The van der Waals surface area contributed by atoms with E-state index in [9.17, 15) is 4.79 Å². The minimum Gasteiger partial charge on any atom is -0.462 e. The third-order valence-corrected chi connectivity index (χ3v) is 4.64. The maximum Gasteiger partial charge on any atom is 0.346 e. The van der Waals surface area contributed by atoms with Crippen LogP contribution in [0.5, 0.6) is 0 Å². The molecule has 0 radical (unpaired) electrons. The lowest BCUT2D eigenvalue weighted by molar-refractivity contribution is -0.137. The molecule has 0 unspecified atom stereocenters. The highest BCUT2D eigenvalue weighted by Crippen LogP contribution is 2.33. The minimum atomic E-state index is -0.243. The highest BCUT2D eigenvalue weighted by molar-refractivity contribution is 8.04. The molecule has 24 heavy (non-hydrogen) atoms. The van der Waals surface area contributed by atoms with E-state index in [-0.39, 0.29) is 5.97 Å².